The molecule has 2 aromatic rings. The van der Waals surface area contributed by atoms with Gasteiger partial charge in [-0.05, 0) is 30.3 Å². The number of aromatic hydroxyl groups is 2. The summed E-state index contributed by atoms with van der Waals surface area (Å²) in [6.45, 7) is 0.460. The highest BCUT2D eigenvalue weighted by Gasteiger charge is 2.04. The molecule has 0 bridgehead atoms. The molecular weight excluding hydrogens is 282 g/mol. The number of halogens is 1. The van der Waals surface area contributed by atoms with Crippen LogP contribution < -0.4 is 5.32 Å². The molecular formula is C13H12BrNO2. The minimum atomic E-state index is -0.0971. The minimum Gasteiger partial charge on any atom is -0.504 e. The van der Waals surface area contributed by atoms with Gasteiger partial charge < -0.3 is 15.5 Å². The Bertz CT molecular complexity index is 511. The lowest BCUT2D eigenvalue weighted by atomic mass is 10.2. The first-order chi connectivity index (χ1) is 8.16. The van der Waals surface area contributed by atoms with Crippen molar-refractivity contribution >= 4 is 21.6 Å². The molecule has 0 heterocycles. The van der Waals surface area contributed by atoms with Crippen LogP contribution in [0.1, 0.15) is 5.56 Å². The van der Waals surface area contributed by atoms with Crippen LogP contribution in [0.15, 0.2) is 46.9 Å². The van der Waals surface area contributed by atoms with Crippen molar-refractivity contribution in [3.63, 3.8) is 0 Å². The number of anilines is 1. The first-order valence-electron chi connectivity index (χ1n) is 5.16. The Kier molecular flexibility index (Phi) is 3.54. The highest BCUT2D eigenvalue weighted by Crippen LogP contribution is 2.28. The number of phenolic OH excluding ortho intramolecular Hbond substituents is 2. The number of hydrogen-bond donors (Lipinski definition) is 3. The van der Waals surface area contributed by atoms with Crippen LogP contribution in [0.3, 0.4) is 0 Å². The van der Waals surface area contributed by atoms with Crippen molar-refractivity contribution in [1.82, 2.24) is 0 Å². The monoisotopic (exact) mass is 293 g/mol. The predicted molar refractivity (Wildman–Crippen MR) is 71.2 cm³/mol. The SMILES string of the molecule is Oc1cccc(CNc2ccc(Br)cc2)c1O. The van der Waals surface area contributed by atoms with Gasteiger partial charge in [0.15, 0.2) is 11.5 Å². The molecule has 0 fully saturated rings. The van der Waals surface area contributed by atoms with E-state index in [4.69, 9.17) is 0 Å². The Labute approximate surface area is 108 Å². The van der Waals surface area contributed by atoms with Crippen molar-refractivity contribution in [3.05, 3.63) is 52.5 Å². The molecule has 88 valence electrons. The third-order valence-electron chi connectivity index (χ3n) is 2.43. The molecule has 17 heavy (non-hydrogen) atoms. The van der Waals surface area contributed by atoms with E-state index < -0.39 is 0 Å². The zero-order valence-electron chi connectivity index (χ0n) is 9.02. The molecule has 0 aliphatic heterocycles. The molecule has 0 aromatic heterocycles. The Balaban J connectivity index is 2.07. The van der Waals surface area contributed by atoms with Crippen molar-refractivity contribution in [2.24, 2.45) is 0 Å². The highest BCUT2D eigenvalue weighted by molar-refractivity contribution is 9.10. The highest BCUT2D eigenvalue weighted by atomic mass is 79.9. The van der Waals surface area contributed by atoms with E-state index in [1.807, 2.05) is 24.3 Å². The standard InChI is InChI=1S/C13H12BrNO2/c14-10-4-6-11(7-5-10)15-8-9-2-1-3-12(16)13(9)17/h1-7,15-17H,8H2. The maximum Gasteiger partial charge on any atom is 0.162 e. The molecule has 0 saturated heterocycles. The van der Waals surface area contributed by atoms with Gasteiger partial charge in [0.2, 0.25) is 0 Å². The third-order valence-corrected chi connectivity index (χ3v) is 2.95. The van der Waals surface area contributed by atoms with Gasteiger partial charge in [-0.3, -0.25) is 0 Å². The Morgan fingerprint density at radius 2 is 1.71 bits per heavy atom. The van der Waals surface area contributed by atoms with Crippen molar-refractivity contribution < 1.29 is 10.2 Å². The first-order valence-corrected chi connectivity index (χ1v) is 5.95. The number of benzene rings is 2. The number of phenols is 2. The average molecular weight is 294 g/mol. The van der Waals surface area contributed by atoms with E-state index in [-0.39, 0.29) is 11.5 Å². The van der Waals surface area contributed by atoms with E-state index in [9.17, 15) is 10.2 Å². The first kappa shape index (κ1) is 11.8. The summed E-state index contributed by atoms with van der Waals surface area (Å²) >= 11 is 3.36. The van der Waals surface area contributed by atoms with Gasteiger partial charge in [-0.15, -0.1) is 0 Å². The molecule has 0 amide bonds. The smallest absolute Gasteiger partial charge is 0.162 e. The molecule has 0 aliphatic carbocycles. The number of para-hydroxylation sites is 1. The second-order valence-electron chi connectivity index (χ2n) is 3.65. The molecule has 0 unspecified atom stereocenters. The third kappa shape index (κ3) is 2.91. The van der Waals surface area contributed by atoms with Gasteiger partial charge in [0.1, 0.15) is 0 Å². The lowest BCUT2D eigenvalue weighted by molar-refractivity contribution is 0.400. The van der Waals surface area contributed by atoms with E-state index in [2.05, 4.69) is 21.2 Å². The molecule has 0 saturated carbocycles. The van der Waals surface area contributed by atoms with Crippen molar-refractivity contribution in [2.75, 3.05) is 5.32 Å². The normalized spacial score (nSPS) is 10.2. The summed E-state index contributed by atoms with van der Waals surface area (Å²) in [5.41, 5.74) is 1.61. The fourth-order valence-corrected chi connectivity index (χ4v) is 1.75. The predicted octanol–water partition coefficient (Wildman–Crippen LogP) is 3.47. The van der Waals surface area contributed by atoms with Crippen LogP contribution in [0, 0.1) is 0 Å². The zero-order valence-corrected chi connectivity index (χ0v) is 10.6. The number of rotatable bonds is 3. The van der Waals surface area contributed by atoms with E-state index in [0.717, 1.165) is 10.2 Å². The lowest BCUT2D eigenvalue weighted by Crippen LogP contribution is -1.99. The van der Waals surface area contributed by atoms with Gasteiger partial charge >= 0.3 is 0 Å². The fourth-order valence-electron chi connectivity index (χ4n) is 1.49. The van der Waals surface area contributed by atoms with Gasteiger partial charge in [0.05, 0.1) is 0 Å². The van der Waals surface area contributed by atoms with Crippen LogP contribution >= 0.6 is 15.9 Å². The lowest BCUT2D eigenvalue weighted by Gasteiger charge is -2.09. The van der Waals surface area contributed by atoms with E-state index in [1.165, 1.54) is 6.07 Å². The maximum atomic E-state index is 9.62. The summed E-state index contributed by atoms with van der Waals surface area (Å²) in [5.74, 6) is -0.169. The van der Waals surface area contributed by atoms with Crippen LogP contribution in [0.2, 0.25) is 0 Å². The summed E-state index contributed by atoms with van der Waals surface area (Å²) < 4.78 is 1.02. The molecule has 4 heteroatoms. The molecule has 2 rings (SSSR count). The molecule has 3 N–H and O–H groups in total. The van der Waals surface area contributed by atoms with Crippen molar-refractivity contribution in [2.45, 2.75) is 6.54 Å². The van der Waals surface area contributed by atoms with Gasteiger partial charge in [-0.2, -0.15) is 0 Å². The quantitative estimate of drug-likeness (QED) is 0.760. The summed E-state index contributed by atoms with van der Waals surface area (Å²) in [6.07, 6.45) is 0. The van der Waals surface area contributed by atoms with Gasteiger partial charge in [0, 0.05) is 22.3 Å². The van der Waals surface area contributed by atoms with Crippen LogP contribution in [0.5, 0.6) is 11.5 Å². The van der Waals surface area contributed by atoms with Crippen molar-refractivity contribution in [3.8, 4) is 11.5 Å². The molecule has 0 spiro atoms. The summed E-state index contributed by atoms with van der Waals surface area (Å²) in [6, 6.07) is 12.7. The van der Waals surface area contributed by atoms with Crippen LogP contribution in [-0.2, 0) is 6.54 Å². The van der Waals surface area contributed by atoms with Crippen LogP contribution in [0.25, 0.3) is 0 Å². The van der Waals surface area contributed by atoms with E-state index in [0.29, 0.717) is 12.1 Å². The molecule has 3 nitrogen and oxygen atoms in total. The molecule has 0 atom stereocenters. The largest absolute Gasteiger partial charge is 0.504 e. The Morgan fingerprint density at radius 1 is 1.00 bits per heavy atom. The Morgan fingerprint density at radius 3 is 2.41 bits per heavy atom. The number of nitrogens with one attached hydrogen (secondary N) is 1. The number of hydrogen-bond acceptors (Lipinski definition) is 3. The fraction of sp³-hybridized carbons (Fsp3) is 0.0769. The maximum absolute atomic E-state index is 9.62. The topological polar surface area (TPSA) is 52.5 Å². The molecule has 0 radical (unpaired) electrons. The van der Waals surface area contributed by atoms with E-state index in [1.54, 1.807) is 12.1 Å². The van der Waals surface area contributed by atoms with Crippen LogP contribution in [-0.4, -0.2) is 10.2 Å². The van der Waals surface area contributed by atoms with Gasteiger partial charge in [-0.25, -0.2) is 0 Å². The van der Waals surface area contributed by atoms with Gasteiger partial charge in [0.25, 0.3) is 0 Å². The van der Waals surface area contributed by atoms with Crippen LogP contribution in [0.4, 0.5) is 5.69 Å². The van der Waals surface area contributed by atoms with E-state index >= 15 is 0 Å². The molecule has 2 aromatic carbocycles. The second-order valence-corrected chi connectivity index (χ2v) is 4.56. The summed E-state index contributed by atoms with van der Waals surface area (Å²) in [7, 11) is 0. The average Bonchev–Trinajstić information content (AvgIpc) is 2.33. The van der Waals surface area contributed by atoms with Gasteiger partial charge in [-0.1, -0.05) is 28.1 Å². The molecule has 0 aliphatic rings. The Hall–Kier alpha value is -1.68. The van der Waals surface area contributed by atoms with Crippen molar-refractivity contribution in [1.29, 1.82) is 0 Å². The minimum absolute atomic E-state index is 0.0721. The summed E-state index contributed by atoms with van der Waals surface area (Å²) in [4.78, 5) is 0. The second kappa shape index (κ2) is 5.10. The zero-order chi connectivity index (χ0) is 12.3. The summed E-state index contributed by atoms with van der Waals surface area (Å²) in [5, 5.41) is 22.1.